The maximum absolute atomic E-state index is 11.9. The normalized spacial score (nSPS) is 21.2. The van der Waals surface area contributed by atoms with Crippen LogP contribution in [0.3, 0.4) is 0 Å². The van der Waals surface area contributed by atoms with Crippen molar-refractivity contribution in [3.8, 4) is 0 Å². The lowest BCUT2D eigenvalue weighted by atomic mass is 9.82. The van der Waals surface area contributed by atoms with Crippen LogP contribution in [-0.4, -0.2) is 23.6 Å². The van der Waals surface area contributed by atoms with Crippen LogP contribution in [0.25, 0.3) is 0 Å². The zero-order chi connectivity index (χ0) is 17.9. The first kappa shape index (κ1) is 21.6. The van der Waals surface area contributed by atoms with Crippen molar-refractivity contribution in [2.75, 3.05) is 12.4 Å². The Morgan fingerprint density at radius 3 is 2.67 bits per heavy atom. The highest BCUT2D eigenvalue weighted by molar-refractivity contribution is 8.00. The van der Waals surface area contributed by atoms with Gasteiger partial charge in [0.2, 0.25) is 0 Å². The van der Waals surface area contributed by atoms with Crippen LogP contribution in [0.4, 0.5) is 0 Å². The highest BCUT2D eigenvalue weighted by Crippen LogP contribution is 2.36. The van der Waals surface area contributed by atoms with Crippen molar-refractivity contribution >= 4 is 17.7 Å². The minimum absolute atomic E-state index is 0.0241. The van der Waals surface area contributed by atoms with Crippen LogP contribution in [0.15, 0.2) is 11.6 Å². The van der Waals surface area contributed by atoms with Crippen LogP contribution < -0.4 is 0 Å². The number of thioether (sulfide) groups is 1. The van der Waals surface area contributed by atoms with E-state index in [4.69, 9.17) is 4.74 Å². The molecule has 0 aliphatic heterocycles. The molecular weight excluding hydrogens is 316 g/mol. The van der Waals surface area contributed by atoms with Crippen molar-refractivity contribution in [2.24, 2.45) is 17.8 Å². The highest BCUT2D eigenvalue weighted by atomic mass is 32.2. The topological polar surface area (TPSA) is 26.3 Å². The first-order valence-electron chi connectivity index (χ1n) is 9.84. The molecule has 2 unspecified atom stereocenters. The average molecular weight is 355 g/mol. The summed E-state index contributed by atoms with van der Waals surface area (Å²) >= 11 is 1.94. The molecule has 0 saturated heterocycles. The van der Waals surface area contributed by atoms with E-state index in [0.29, 0.717) is 24.2 Å². The second kappa shape index (κ2) is 12.0. The first-order chi connectivity index (χ1) is 11.4. The van der Waals surface area contributed by atoms with Gasteiger partial charge in [-0.2, -0.15) is 11.8 Å². The van der Waals surface area contributed by atoms with Crippen LogP contribution in [0.2, 0.25) is 0 Å². The van der Waals surface area contributed by atoms with E-state index < -0.39 is 0 Å². The van der Waals surface area contributed by atoms with Gasteiger partial charge in [0.15, 0.2) is 0 Å². The van der Waals surface area contributed by atoms with E-state index in [0.717, 1.165) is 24.0 Å². The van der Waals surface area contributed by atoms with Crippen molar-refractivity contribution in [3.63, 3.8) is 0 Å². The number of carbonyl (C=O) groups excluding carboxylic acids is 1. The Balaban J connectivity index is 2.14. The Kier molecular flexibility index (Phi) is 10.8. The average Bonchev–Trinajstić information content (AvgIpc) is 2.50. The first-order valence-corrected chi connectivity index (χ1v) is 10.9. The largest absolute Gasteiger partial charge is 0.466 e. The van der Waals surface area contributed by atoms with Crippen LogP contribution >= 0.6 is 11.8 Å². The highest BCUT2D eigenvalue weighted by Gasteiger charge is 2.26. The number of ether oxygens (including phenoxy) is 1. The van der Waals surface area contributed by atoms with Crippen molar-refractivity contribution in [1.29, 1.82) is 0 Å². The third-order valence-corrected chi connectivity index (χ3v) is 6.21. The number of hydrogen-bond acceptors (Lipinski definition) is 3. The fourth-order valence-corrected chi connectivity index (χ4v) is 4.88. The SMILES string of the molecule is CC1=CC(SCCC(=O)OCCCCCC(C)C)C(C(C)C)CC1. The Labute approximate surface area is 154 Å². The van der Waals surface area contributed by atoms with E-state index in [1.54, 1.807) is 0 Å². The lowest BCUT2D eigenvalue weighted by molar-refractivity contribution is -0.143. The molecule has 0 amide bonds. The second-order valence-electron chi connectivity index (χ2n) is 8.01. The van der Waals surface area contributed by atoms with Gasteiger partial charge in [-0.25, -0.2) is 0 Å². The number of hydrogen-bond donors (Lipinski definition) is 0. The molecule has 0 bridgehead atoms. The molecule has 0 aromatic carbocycles. The molecule has 0 radical (unpaired) electrons. The summed E-state index contributed by atoms with van der Waals surface area (Å²) < 4.78 is 5.37. The summed E-state index contributed by atoms with van der Waals surface area (Å²) in [5, 5.41) is 0.572. The van der Waals surface area contributed by atoms with Gasteiger partial charge in [0.25, 0.3) is 0 Å². The van der Waals surface area contributed by atoms with Gasteiger partial charge in [-0.1, -0.05) is 58.6 Å². The Bertz CT molecular complexity index is 387. The minimum Gasteiger partial charge on any atom is -0.466 e. The van der Waals surface area contributed by atoms with Gasteiger partial charge < -0.3 is 4.74 Å². The molecule has 0 N–H and O–H groups in total. The summed E-state index contributed by atoms with van der Waals surface area (Å²) in [4.78, 5) is 11.9. The number of esters is 1. The molecule has 1 aliphatic carbocycles. The number of unbranched alkanes of at least 4 members (excludes halogenated alkanes) is 2. The van der Waals surface area contributed by atoms with Crippen LogP contribution in [0.5, 0.6) is 0 Å². The maximum Gasteiger partial charge on any atom is 0.306 e. The Hall–Kier alpha value is -0.440. The van der Waals surface area contributed by atoms with Crippen molar-refractivity contribution < 1.29 is 9.53 Å². The zero-order valence-corrected chi connectivity index (χ0v) is 17.3. The standard InChI is InChI=1S/C21H38O2S/c1-16(2)9-7-6-8-13-23-21(22)12-14-24-20-15-18(5)10-11-19(20)17(3)4/h15-17,19-20H,6-14H2,1-5H3. The van der Waals surface area contributed by atoms with E-state index >= 15 is 0 Å². The molecule has 0 heterocycles. The molecule has 0 spiro atoms. The summed E-state index contributed by atoms with van der Waals surface area (Å²) in [5.41, 5.74) is 1.51. The minimum atomic E-state index is -0.0241. The van der Waals surface area contributed by atoms with Crippen molar-refractivity contribution in [1.82, 2.24) is 0 Å². The summed E-state index contributed by atoms with van der Waals surface area (Å²) in [6.07, 6.45) is 10.2. The van der Waals surface area contributed by atoms with E-state index in [1.165, 1.54) is 37.7 Å². The molecule has 3 heteroatoms. The van der Waals surface area contributed by atoms with Gasteiger partial charge >= 0.3 is 5.97 Å². The predicted octanol–water partition coefficient (Wildman–Crippen LogP) is 6.25. The molecule has 0 aromatic heterocycles. The second-order valence-corrected chi connectivity index (χ2v) is 9.29. The molecule has 2 atom stereocenters. The van der Waals surface area contributed by atoms with E-state index in [9.17, 15) is 4.79 Å². The van der Waals surface area contributed by atoms with E-state index in [1.807, 2.05) is 11.8 Å². The monoisotopic (exact) mass is 354 g/mol. The van der Waals surface area contributed by atoms with Gasteiger partial charge in [-0.3, -0.25) is 4.79 Å². The van der Waals surface area contributed by atoms with Crippen LogP contribution in [0, 0.1) is 17.8 Å². The Morgan fingerprint density at radius 1 is 1.25 bits per heavy atom. The van der Waals surface area contributed by atoms with Crippen molar-refractivity contribution in [3.05, 3.63) is 11.6 Å². The number of rotatable bonds is 11. The summed E-state index contributed by atoms with van der Waals surface area (Å²) in [7, 11) is 0. The predicted molar refractivity (Wildman–Crippen MR) is 106 cm³/mol. The zero-order valence-electron chi connectivity index (χ0n) is 16.5. The molecule has 0 fully saturated rings. The fourth-order valence-electron chi connectivity index (χ4n) is 3.30. The molecule has 140 valence electrons. The summed E-state index contributed by atoms with van der Waals surface area (Å²) in [5.74, 6) is 3.09. The molecule has 0 aromatic rings. The summed E-state index contributed by atoms with van der Waals surface area (Å²) in [6.45, 7) is 12.0. The van der Waals surface area contributed by atoms with Crippen LogP contribution in [0.1, 0.15) is 79.6 Å². The van der Waals surface area contributed by atoms with Crippen molar-refractivity contribution in [2.45, 2.75) is 84.8 Å². The lowest BCUT2D eigenvalue weighted by Crippen LogP contribution is -2.25. The number of allylic oxidation sites excluding steroid dienone is 1. The molecule has 2 nitrogen and oxygen atoms in total. The molecular formula is C21H38O2S. The Morgan fingerprint density at radius 2 is 2.00 bits per heavy atom. The fraction of sp³-hybridized carbons (Fsp3) is 0.857. The van der Waals surface area contributed by atoms with Crippen LogP contribution in [-0.2, 0) is 9.53 Å². The quantitative estimate of drug-likeness (QED) is 0.249. The maximum atomic E-state index is 11.9. The lowest BCUT2D eigenvalue weighted by Gasteiger charge is -2.32. The van der Waals surface area contributed by atoms with Gasteiger partial charge in [-0.15, -0.1) is 0 Å². The smallest absolute Gasteiger partial charge is 0.306 e. The molecule has 1 aliphatic rings. The van der Waals surface area contributed by atoms with E-state index in [2.05, 4.69) is 40.7 Å². The third-order valence-electron chi connectivity index (χ3n) is 4.90. The van der Waals surface area contributed by atoms with Gasteiger partial charge in [0.1, 0.15) is 0 Å². The number of carbonyl (C=O) groups is 1. The summed E-state index contributed by atoms with van der Waals surface area (Å²) in [6, 6.07) is 0. The van der Waals surface area contributed by atoms with Gasteiger partial charge in [-0.05, 0) is 43.9 Å². The molecule has 1 rings (SSSR count). The van der Waals surface area contributed by atoms with Gasteiger partial charge in [0, 0.05) is 11.0 Å². The third kappa shape index (κ3) is 9.15. The molecule has 24 heavy (non-hydrogen) atoms. The van der Waals surface area contributed by atoms with Gasteiger partial charge in [0.05, 0.1) is 13.0 Å². The molecule has 0 saturated carbocycles. The van der Waals surface area contributed by atoms with E-state index in [-0.39, 0.29) is 5.97 Å².